The Bertz CT molecular complexity index is 468. The minimum absolute atomic E-state index is 0.573. The molecule has 19 heavy (non-hydrogen) atoms. The summed E-state index contributed by atoms with van der Waals surface area (Å²) in [6.45, 7) is 1.90. The first-order valence-electron chi connectivity index (χ1n) is 6.48. The van der Waals surface area contributed by atoms with Gasteiger partial charge in [0.05, 0.1) is 13.2 Å². The molecule has 2 aromatic rings. The van der Waals surface area contributed by atoms with Gasteiger partial charge in [0.2, 0.25) is 0 Å². The zero-order valence-electron chi connectivity index (χ0n) is 10.9. The van der Waals surface area contributed by atoms with Crippen molar-refractivity contribution < 1.29 is 9.47 Å². The summed E-state index contributed by atoms with van der Waals surface area (Å²) in [5.41, 5.74) is 6.59. The van der Waals surface area contributed by atoms with Crippen molar-refractivity contribution in [2.45, 2.75) is 6.42 Å². The predicted molar refractivity (Wildman–Crippen MR) is 76.5 cm³/mol. The van der Waals surface area contributed by atoms with E-state index in [1.165, 1.54) is 5.56 Å². The van der Waals surface area contributed by atoms with Crippen molar-refractivity contribution in [2.75, 3.05) is 19.8 Å². The average molecular weight is 257 g/mol. The van der Waals surface area contributed by atoms with Crippen molar-refractivity contribution >= 4 is 0 Å². The Labute approximate surface area is 114 Å². The topological polar surface area (TPSA) is 44.5 Å². The standard InChI is InChI=1S/C16H19NO2/c17-11-13-18-12-10-14-6-8-16(9-7-14)19-15-4-2-1-3-5-15/h1-9H,10-13,17H2. The molecule has 0 aliphatic rings. The number of para-hydroxylation sites is 1. The summed E-state index contributed by atoms with van der Waals surface area (Å²) in [6.07, 6.45) is 0.894. The van der Waals surface area contributed by atoms with E-state index in [2.05, 4.69) is 12.1 Å². The predicted octanol–water partition coefficient (Wildman–Crippen LogP) is 3.00. The van der Waals surface area contributed by atoms with Crippen LogP contribution in [0.4, 0.5) is 0 Å². The second-order valence-electron chi connectivity index (χ2n) is 4.21. The second kappa shape index (κ2) is 7.56. The molecule has 0 aromatic heterocycles. The summed E-state index contributed by atoms with van der Waals surface area (Å²) in [4.78, 5) is 0. The Morgan fingerprint density at radius 2 is 1.47 bits per heavy atom. The maximum atomic E-state index is 5.73. The van der Waals surface area contributed by atoms with Gasteiger partial charge in [0.15, 0.2) is 0 Å². The van der Waals surface area contributed by atoms with Crippen molar-refractivity contribution in [2.24, 2.45) is 5.73 Å². The van der Waals surface area contributed by atoms with Crippen molar-refractivity contribution in [1.82, 2.24) is 0 Å². The van der Waals surface area contributed by atoms with E-state index in [1.807, 2.05) is 42.5 Å². The van der Waals surface area contributed by atoms with Gasteiger partial charge in [0.1, 0.15) is 11.5 Å². The zero-order valence-corrected chi connectivity index (χ0v) is 10.9. The molecule has 3 nitrogen and oxygen atoms in total. The van der Waals surface area contributed by atoms with Crippen LogP contribution in [0.1, 0.15) is 5.56 Å². The van der Waals surface area contributed by atoms with Gasteiger partial charge in [-0.15, -0.1) is 0 Å². The largest absolute Gasteiger partial charge is 0.457 e. The van der Waals surface area contributed by atoms with Crippen molar-refractivity contribution in [1.29, 1.82) is 0 Å². The van der Waals surface area contributed by atoms with Crippen LogP contribution in [-0.2, 0) is 11.2 Å². The van der Waals surface area contributed by atoms with Gasteiger partial charge in [0, 0.05) is 6.54 Å². The van der Waals surface area contributed by atoms with Crippen molar-refractivity contribution in [3.8, 4) is 11.5 Å². The number of hydrogen-bond donors (Lipinski definition) is 1. The second-order valence-corrected chi connectivity index (χ2v) is 4.21. The molecule has 0 aliphatic carbocycles. The lowest BCUT2D eigenvalue weighted by Crippen LogP contribution is -2.10. The third-order valence-electron chi connectivity index (χ3n) is 2.70. The monoisotopic (exact) mass is 257 g/mol. The van der Waals surface area contributed by atoms with Crippen LogP contribution in [0.5, 0.6) is 11.5 Å². The number of nitrogens with two attached hydrogens (primary N) is 1. The molecule has 0 aliphatic heterocycles. The van der Waals surface area contributed by atoms with E-state index >= 15 is 0 Å². The van der Waals surface area contributed by atoms with Crippen molar-refractivity contribution in [3.63, 3.8) is 0 Å². The zero-order chi connectivity index (χ0) is 13.3. The molecular weight excluding hydrogens is 238 g/mol. The molecule has 0 bridgehead atoms. The van der Waals surface area contributed by atoms with E-state index in [9.17, 15) is 0 Å². The van der Waals surface area contributed by atoms with Crippen molar-refractivity contribution in [3.05, 3.63) is 60.2 Å². The SMILES string of the molecule is NCCOCCc1ccc(Oc2ccccc2)cc1. The highest BCUT2D eigenvalue weighted by Gasteiger charge is 1.98. The van der Waals surface area contributed by atoms with Crippen LogP contribution < -0.4 is 10.5 Å². The Balaban J connectivity index is 1.84. The molecule has 0 unspecified atom stereocenters. The van der Waals surface area contributed by atoms with Crippen LogP contribution in [0, 0.1) is 0 Å². The van der Waals surface area contributed by atoms with E-state index < -0.39 is 0 Å². The fourth-order valence-corrected chi connectivity index (χ4v) is 1.72. The first-order chi connectivity index (χ1) is 9.38. The quantitative estimate of drug-likeness (QED) is 0.775. The molecule has 0 atom stereocenters. The Kier molecular flexibility index (Phi) is 5.41. The van der Waals surface area contributed by atoms with Gasteiger partial charge in [-0.2, -0.15) is 0 Å². The average Bonchev–Trinajstić information content (AvgIpc) is 2.46. The molecule has 0 saturated heterocycles. The summed E-state index contributed by atoms with van der Waals surface area (Å²) in [7, 11) is 0. The minimum atomic E-state index is 0.573. The van der Waals surface area contributed by atoms with E-state index in [0.717, 1.165) is 17.9 Å². The van der Waals surface area contributed by atoms with E-state index in [1.54, 1.807) is 0 Å². The lowest BCUT2D eigenvalue weighted by atomic mass is 10.1. The number of hydrogen-bond acceptors (Lipinski definition) is 3. The number of benzene rings is 2. The van der Waals surface area contributed by atoms with Crippen LogP contribution in [0.3, 0.4) is 0 Å². The molecule has 0 radical (unpaired) electrons. The number of rotatable bonds is 7. The van der Waals surface area contributed by atoms with Crippen LogP contribution in [0.25, 0.3) is 0 Å². The van der Waals surface area contributed by atoms with Gasteiger partial charge in [-0.1, -0.05) is 30.3 Å². The van der Waals surface area contributed by atoms with Gasteiger partial charge in [-0.3, -0.25) is 0 Å². The Hall–Kier alpha value is -1.84. The van der Waals surface area contributed by atoms with Gasteiger partial charge >= 0.3 is 0 Å². The molecule has 0 amide bonds. The molecule has 0 fully saturated rings. The van der Waals surface area contributed by atoms with Gasteiger partial charge in [-0.25, -0.2) is 0 Å². The molecule has 3 heteroatoms. The van der Waals surface area contributed by atoms with E-state index in [0.29, 0.717) is 19.8 Å². The summed E-state index contributed by atoms with van der Waals surface area (Å²) in [6, 6.07) is 17.8. The molecule has 2 rings (SSSR count). The smallest absolute Gasteiger partial charge is 0.127 e. The third-order valence-corrected chi connectivity index (χ3v) is 2.70. The summed E-state index contributed by atoms with van der Waals surface area (Å²) >= 11 is 0. The van der Waals surface area contributed by atoms with Gasteiger partial charge in [-0.05, 0) is 36.2 Å². The minimum Gasteiger partial charge on any atom is -0.457 e. The molecular formula is C16H19NO2. The summed E-state index contributed by atoms with van der Waals surface area (Å²) in [5, 5.41) is 0. The molecule has 0 spiro atoms. The van der Waals surface area contributed by atoms with Gasteiger partial charge < -0.3 is 15.2 Å². The summed E-state index contributed by atoms with van der Waals surface area (Å²) in [5.74, 6) is 1.69. The first kappa shape index (κ1) is 13.6. The summed E-state index contributed by atoms with van der Waals surface area (Å²) < 4.78 is 11.1. The molecule has 0 saturated carbocycles. The fourth-order valence-electron chi connectivity index (χ4n) is 1.72. The Morgan fingerprint density at radius 1 is 0.789 bits per heavy atom. The highest BCUT2D eigenvalue weighted by molar-refractivity contribution is 5.32. The highest BCUT2D eigenvalue weighted by atomic mass is 16.5. The van der Waals surface area contributed by atoms with Gasteiger partial charge in [0.25, 0.3) is 0 Å². The molecule has 100 valence electrons. The first-order valence-corrected chi connectivity index (χ1v) is 6.48. The normalized spacial score (nSPS) is 10.4. The molecule has 0 heterocycles. The van der Waals surface area contributed by atoms with E-state index in [-0.39, 0.29) is 0 Å². The lowest BCUT2D eigenvalue weighted by molar-refractivity contribution is 0.145. The van der Waals surface area contributed by atoms with Crippen LogP contribution in [-0.4, -0.2) is 19.8 Å². The lowest BCUT2D eigenvalue weighted by Gasteiger charge is -2.07. The van der Waals surface area contributed by atoms with Crippen LogP contribution >= 0.6 is 0 Å². The van der Waals surface area contributed by atoms with Crippen LogP contribution in [0.2, 0.25) is 0 Å². The maximum Gasteiger partial charge on any atom is 0.127 e. The fraction of sp³-hybridized carbons (Fsp3) is 0.250. The molecule has 2 N–H and O–H groups in total. The number of ether oxygens (including phenoxy) is 2. The maximum absolute atomic E-state index is 5.73. The highest BCUT2D eigenvalue weighted by Crippen LogP contribution is 2.21. The van der Waals surface area contributed by atoms with E-state index in [4.69, 9.17) is 15.2 Å². The Morgan fingerprint density at radius 3 is 2.16 bits per heavy atom. The molecule has 2 aromatic carbocycles. The third kappa shape index (κ3) is 4.73. The van der Waals surface area contributed by atoms with Crippen LogP contribution in [0.15, 0.2) is 54.6 Å².